The fourth-order valence-corrected chi connectivity index (χ4v) is 2.73. The lowest BCUT2D eigenvalue weighted by Gasteiger charge is -2.13. The number of hydrogen-bond donors (Lipinski definition) is 2. The van der Waals surface area contributed by atoms with Crippen molar-refractivity contribution in [1.82, 2.24) is 4.90 Å². The summed E-state index contributed by atoms with van der Waals surface area (Å²) in [4.78, 5) is 14.4. The van der Waals surface area contributed by atoms with E-state index in [-0.39, 0.29) is 18.3 Å². The van der Waals surface area contributed by atoms with Crippen LogP contribution in [0.15, 0.2) is 11.4 Å². The van der Waals surface area contributed by atoms with Crippen LogP contribution in [0.25, 0.3) is 0 Å². The Morgan fingerprint density at radius 3 is 2.88 bits per heavy atom. The quantitative estimate of drug-likeness (QED) is 0.846. The van der Waals surface area contributed by atoms with Gasteiger partial charge in [0.1, 0.15) is 0 Å². The van der Waals surface area contributed by atoms with E-state index in [1.165, 1.54) is 4.88 Å². The molecule has 4 nitrogen and oxygen atoms in total. The lowest BCUT2D eigenvalue weighted by atomic mass is 10.3. The molecule has 0 aromatic carbocycles. The van der Waals surface area contributed by atoms with Gasteiger partial charge in [0, 0.05) is 35.9 Å². The number of nitrogens with two attached hydrogens (primary N) is 2. The number of amides is 1. The third-order valence-electron chi connectivity index (χ3n) is 2.63. The molecule has 1 fully saturated rings. The molecule has 2 rings (SSSR count). The van der Waals surface area contributed by atoms with E-state index in [4.69, 9.17) is 11.5 Å². The van der Waals surface area contributed by atoms with Crippen LogP contribution in [0, 0.1) is 0 Å². The van der Waals surface area contributed by atoms with E-state index < -0.39 is 0 Å². The van der Waals surface area contributed by atoms with Gasteiger partial charge in [-0.2, -0.15) is 0 Å². The van der Waals surface area contributed by atoms with Crippen LogP contribution in [0.5, 0.6) is 0 Å². The molecule has 0 unspecified atom stereocenters. The first-order chi connectivity index (χ1) is 7.15. The van der Waals surface area contributed by atoms with Crippen molar-refractivity contribution in [2.45, 2.75) is 19.0 Å². The lowest BCUT2D eigenvalue weighted by Crippen LogP contribution is -2.25. The first-order valence-electron chi connectivity index (χ1n) is 5.00. The predicted molar refractivity (Wildman–Crippen MR) is 68.0 cm³/mol. The van der Waals surface area contributed by atoms with Crippen molar-refractivity contribution in [2.75, 3.05) is 13.1 Å². The van der Waals surface area contributed by atoms with E-state index in [0.717, 1.165) is 26.1 Å². The maximum atomic E-state index is 10.9. The average molecular weight is 262 g/mol. The van der Waals surface area contributed by atoms with Gasteiger partial charge in [0.25, 0.3) is 0 Å². The second kappa shape index (κ2) is 5.63. The highest BCUT2D eigenvalue weighted by Crippen LogP contribution is 2.18. The van der Waals surface area contributed by atoms with Gasteiger partial charge < -0.3 is 11.5 Å². The Kier molecular flexibility index (Phi) is 4.73. The molecule has 0 bridgehead atoms. The minimum atomic E-state index is -0.351. The van der Waals surface area contributed by atoms with Gasteiger partial charge in [-0.15, -0.1) is 23.7 Å². The Morgan fingerprint density at radius 1 is 1.62 bits per heavy atom. The van der Waals surface area contributed by atoms with Gasteiger partial charge in [0.05, 0.1) is 5.56 Å². The highest BCUT2D eigenvalue weighted by atomic mass is 35.5. The summed E-state index contributed by atoms with van der Waals surface area (Å²) < 4.78 is 0. The molecular weight excluding hydrogens is 246 g/mol. The van der Waals surface area contributed by atoms with Crippen LogP contribution in [0.1, 0.15) is 21.7 Å². The van der Waals surface area contributed by atoms with E-state index in [9.17, 15) is 4.79 Å². The van der Waals surface area contributed by atoms with Gasteiger partial charge in [-0.1, -0.05) is 0 Å². The minimum absolute atomic E-state index is 0. The molecule has 1 aromatic heterocycles. The van der Waals surface area contributed by atoms with Crippen LogP contribution < -0.4 is 11.5 Å². The molecule has 0 spiro atoms. The van der Waals surface area contributed by atoms with E-state index in [0.29, 0.717) is 11.6 Å². The number of halogens is 1. The molecule has 16 heavy (non-hydrogen) atoms. The van der Waals surface area contributed by atoms with Gasteiger partial charge in [0.15, 0.2) is 0 Å². The molecule has 1 saturated heterocycles. The molecule has 1 amide bonds. The monoisotopic (exact) mass is 261 g/mol. The van der Waals surface area contributed by atoms with Gasteiger partial charge >= 0.3 is 0 Å². The van der Waals surface area contributed by atoms with E-state index in [1.54, 1.807) is 11.3 Å². The first kappa shape index (κ1) is 13.4. The maximum absolute atomic E-state index is 10.9. The number of hydrogen-bond acceptors (Lipinski definition) is 4. The average Bonchev–Trinajstić information content (AvgIpc) is 2.76. The molecule has 0 radical (unpaired) electrons. The summed E-state index contributed by atoms with van der Waals surface area (Å²) >= 11 is 1.58. The second-order valence-electron chi connectivity index (χ2n) is 3.95. The highest BCUT2D eigenvalue weighted by Gasteiger charge is 2.19. The van der Waals surface area contributed by atoms with Crippen molar-refractivity contribution in [2.24, 2.45) is 11.5 Å². The van der Waals surface area contributed by atoms with Crippen molar-refractivity contribution < 1.29 is 4.79 Å². The van der Waals surface area contributed by atoms with Crippen molar-refractivity contribution >= 4 is 29.7 Å². The molecule has 0 saturated carbocycles. The number of nitrogens with zero attached hydrogens (tertiary/aromatic N) is 1. The van der Waals surface area contributed by atoms with Crippen LogP contribution in [0.3, 0.4) is 0 Å². The lowest BCUT2D eigenvalue weighted by molar-refractivity contribution is 0.100. The number of primary amides is 1. The number of likely N-dealkylation sites (tertiary alicyclic amines) is 1. The second-order valence-corrected chi connectivity index (χ2v) is 4.95. The van der Waals surface area contributed by atoms with E-state index in [1.807, 2.05) is 11.4 Å². The van der Waals surface area contributed by atoms with Crippen LogP contribution in [0.4, 0.5) is 0 Å². The molecule has 1 aliphatic heterocycles. The molecule has 1 aliphatic rings. The zero-order valence-electron chi connectivity index (χ0n) is 8.89. The molecule has 90 valence electrons. The van der Waals surface area contributed by atoms with Crippen LogP contribution >= 0.6 is 23.7 Å². The maximum Gasteiger partial charge on any atom is 0.249 e. The van der Waals surface area contributed by atoms with Gasteiger partial charge in [-0.05, 0) is 12.5 Å². The number of carbonyl (C=O) groups excluding carboxylic acids is 1. The normalized spacial score (nSPS) is 20.7. The molecular formula is C10H16ClN3OS. The fraction of sp³-hybridized carbons (Fsp3) is 0.500. The van der Waals surface area contributed by atoms with Gasteiger partial charge in [-0.3, -0.25) is 9.69 Å². The highest BCUT2D eigenvalue weighted by molar-refractivity contribution is 7.10. The Hall–Kier alpha value is -0.620. The van der Waals surface area contributed by atoms with Crippen LogP contribution in [0.2, 0.25) is 0 Å². The third-order valence-corrected chi connectivity index (χ3v) is 3.55. The minimum Gasteiger partial charge on any atom is -0.366 e. The Morgan fingerprint density at radius 2 is 2.38 bits per heavy atom. The van der Waals surface area contributed by atoms with Crippen LogP contribution in [-0.4, -0.2) is 29.9 Å². The summed E-state index contributed by atoms with van der Waals surface area (Å²) in [7, 11) is 0. The van der Waals surface area contributed by atoms with E-state index in [2.05, 4.69) is 4.90 Å². The summed E-state index contributed by atoms with van der Waals surface area (Å²) in [6.45, 7) is 2.88. The topological polar surface area (TPSA) is 72.4 Å². The van der Waals surface area contributed by atoms with Crippen molar-refractivity contribution in [3.63, 3.8) is 0 Å². The van der Waals surface area contributed by atoms with Crippen molar-refractivity contribution in [1.29, 1.82) is 0 Å². The number of rotatable bonds is 3. The molecule has 2 heterocycles. The smallest absolute Gasteiger partial charge is 0.249 e. The SMILES string of the molecule is Cl.NC(=O)c1csc(CN2CC[C@H](N)C2)c1. The molecule has 6 heteroatoms. The number of carbonyl (C=O) groups is 1. The summed E-state index contributed by atoms with van der Waals surface area (Å²) in [5, 5.41) is 1.81. The third kappa shape index (κ3) is 3.18. The first-order valence-corrected chi connectivity index (χ1v) is 5.88. The molecule has 1 atom stereocenters. The zero-order valence-corrected chi connectivity index (χ0v) is 10.5. The molecule has 4 N–H and O–H groups in total. The van der Waals surface area contributed by atoms with Crippen molar-refractivity contribution in [3.8, 4) is 0 Å². The summed E-state index contributed by atoms with van der Waals surface area (Å²) in [6.07, 6.45) is 1.06. The summed E-state index contributed by atoms with van der Waals surface area (Å²) in [6, 6.07) is 2.18. The summed E-state index contributed by atoms with van der Waals surface area (Å²) in [5.74, 6) is -0.351. The van der Waals surface area contributed by atoms with Crippen LogP contribution in [-0.2, 0) is 6.54 Å². The Bertz CT molecular complexity index is 369. The number of thiophene rings is 1. The predicted octanol–water partition coefficient (Wildman–Crippen LogP) is 0.802. The van der Waals surface area contributed by atoms with E-state index >= 15 is 0 Å². The Balaban J connectivity index is 0.00000128. The Labute approximate surface area is 105 Å². The van der Waals surface area contributed by atoms with Gasteiger partial charge in [0.2, 0.25) is 5.91 Å². The molecule has 0 aliphatic carbocycles. The van der Waals surface area contributed by atoms with Crippen molar-refractivity contribution in [3.05, 3.63) is 21.9 Å². The van der Waals surface area contributed by atoms with Gasteiger partial charge in [-0.25, -0.2) is 0 Å². The molecule has 1 aromatic rings. The standard InChI is InChI=1S/C10H15N3OS.ClH/c11-8-1-2-13(4-8)5-9-3-7(6-15-9)10(12)14;/h3,6,8H,1-2,4-5,11H2,(H2,12,14);1H/t8-;/m0./s1. The fourth-order valence-electron chi connectivity index (χ4n) is 1.82. The summed E-state index contributed by atoms with van der Waals surface area (Å²) in [5.41, 5.74) is 11.6. The largest absolute Gasteiger partial charge is 0.366 e. The zero-order chi connectivity index (χ0) is 10.8.